The molecule has 6 nitrogen and oxygen atoms in total. The SMILES string of the molecule is CCc1oc2c(Cl)cc(N/N=C(\C#N)C(=N)N)cc2c1C. The number of furan rings is 1. The summed E-state index contributed by atoms with van der Waals surface area (Å²) in [6.45, 7) is 3.97. The van der Waals surface area contributed by atoms with E-state index in [1.54, 1.807) is 12.1 Å². The number of hydrogen-bond acceptors (Lipinski definition) is 5. The smallest absolute Gasteiger partial charge is 0.201 e. The molecule has 4 N–H and O–H groups in total. The van der Waals surface area contributed by atoms with Gasteiger partial charge in [0.05, 0.1) is 10.7 Å². The van der Waals surface area contributed by atoms with Gasteiger partial charge in [-0.2, -0.15) is 10.4 Å². The van der Waals surface area contributed by atoms with E-state index < -0.39 is 5.84 Å². The van der Waals surface area contributed by atoms with Gasteiger partial charge in [0.1, 0.15) is 11.8 Å². The second-order valence-electron chi connectivity index (χ2n) is 4.44. The van der Waals surface area contributed by atoms with Gasteiger partial charge in [0.25, 0.3) is 0 Å². The van der Waals surface area contributed by atoms with Gasteiger partial charge >= 0.3 is 0 Å². The number of amidine groups is 1. The summed E-state index contributed by atoms with van der Waals surface area (Å²) in [5.74, 6) is 0.485. The lowest BCUT2D eigenvalue weighted by atomic mass is 10.1. The molecule has 0 aliphatic heterocycles. The summed E-state index contributed by atoms with van der Waals surface area (Å²) in [7, 11) is 0. The standard InChI is InChI=1S/C14H14ClN5O/c1-3-12-7(2)9-4-8(5-10(15)13(9)21-12)19-20-11(6-16)14(17)18/h4-5,19H,3H2,1-2H3,(H3,17,18)/b20-11+. The monoisotopic (exact) mass is 303 g/mol. The topological polar surface area (TPSA) is 111 Å². The molecule has 0 fully saturated rings. The summed E-state index contributed by atoms with van der Waals surface area (Å²) in [6, 6.07) is 5.21. The highest BCUT2D eigenvalue weighted by atomic mass is 35.5. The number of rotatable bonds is 4. The second kappa shape index (κ2) is 5.85. The van der Waals surface area contributed by atoms with E-state index in [4.69, 9.17) is 32.4 Å². The maximum Gasteiger partial charge on any atom is 0.201 e. The van der Waals surface area contributed by atoms with Gasteiger partial charge in [0.2, 0.25) is 5.71 Å². The zero-order chi connectivity index (χ0) is 15.6. The fourth-order valence-corrected chi connectivity index (χ4v) is 2.25. The van der Waals surface area contributed by atoms with Crippen LogP contribution in [0.4, 0.5) is 5.69 Å². The Balaban J connectivity index is 2.45. The Morgan fingerprint density at radius 2 is 2.29 bits per heavy atom. The lowest BCUT2D eigenvalue weighted by Gasteiger charge is -2.03. The maximum atomic E-state index is 8.80. The molecule has 1 aromatic carbocycles. The first-order valence-electron chi connectivity index (χ1n) is 6.27. The van der Waals surface area contributed by atoms with Crippen LogP contribution < -0.4 is 11.2 Å². The van der Waals surface area contributed by atoms with Gasteiger partial charge in [-0.15, -0.1) is 0 Å². The van der Waals surface area contributed by atoms with Gasteiger partial charge in [-0.25, -0.2) is 0 Å². The van der Waals surface area contributed by atoms with Gasteiger partial charge in [-0.1, -0.05) is 18.5 Å². The summed E-state index contributed by atoms with van der Waals surface area (Å²) < 4.78 is 5.72. The highest BCUT2D eigenvalue weighted by molar-refractivity contribution is 6.45. The predicted octanol–water partition coefficient (Wildman–Crippen LogP) is 3.18. The van der Waals surface area contributed by atoms with Crippen LogP contribution in [0.1, 0.15) is 18.2 Å². The number of benzene rings is 1. The Kier molecular flexibility index (Phi) is 4.15. The van der Waals surface area contributed by atoms with E-state index in [0.29, 0.717) is 16.3 Å². The first kappa shape index (κ1) is 14.9. The zero-order valence-electron chi connectivity index (χ0n) is 11.6. The second-order valence-corrected chi connectivity index (χ2v) is 4.84. The maximum absolute atomic E-state index is 8.80. The Labute approximate surface area is 126 Å². The number of aryl methyl sites for hydroxylation is 2. The number of fused-ring (bicyclic) bond motifs is 1. The van der Waals surface area contributed by atoms with Gasteiger partial charge in [0, 0.05) is 11.8 Å². The molecule has 0 atom stereocenters. The quantitative estimate of drug-likeness (QED) is 0.457. The minimum atomic E-state index is -0.398. The van der Waals surface area contributed by atoms with Crippen molar-refractivity contribution in [3.8, 4) is 6.07 Å². The Bertz CT molecular complexity index is 785. The molecule has 2 aromatic rings. The summed E-state index contributed by atoms with van der Waals surface area (Å²) in [5, 5.41) is 21.1. The number of nitrogens with two attached hydrogens (primary N) is 1. The molecule has 2 rings (SSSR count). The fourth-order valence-electron chi connectivity index (χ4n) is 1.99. The van der Waals surface area contributed by atoms with Crippen molar-refractivity contribution >= 4 is 39.8 Å². The number of hydrogen-bond donors (Lipinski definition) is 3. The van der Waals surface area contributed by atoms with E-state index in [1.165, 1.54) is 0 Å². The van der Waals surface area contributed by atoms with E-state index in [9.17, 15) is 0 Å². The molecule has 0 spiro atoms. The molecule has 1 heterocycles. The number of halogens is 1. The molecule has 0 saturated heterocycles. The molecule has 1 aromatic heterocycles. The summed E-state index contributed by atoms with van der Waals surface area (Å²) in [6.07, 6.45) is 0.778. The van der Waals surface area contributed by atoms with E-state index in [-0.39, 0.29) is 5.71 Å². The largest absolute Gasteiger partial charge is 0.459 e. The summed E-state index contributed by atoms with van der Waals surface area (Å²) in [5.41, 5.74) is 9.96. The van der Waals surface area contributed by atoms with E-state index in [1.807, 2.05) is 19.9 Å². The highest BCUT2D eigenvalue weighted by Gasteiger charge is 2.13. The van der Waals surface area contributed by atoms with Crippen LogP contribution in [0.25, 0.3) is 11.0 Å². The number of anilines is 1. The van der Waals surface area contributed by atoms with Crippen LogP contribution in [0.5, 0.6) is 0 Å². The Morgan fingerprint density at radius 1 is 1.57 bits per heavy atom. The first-order chi connectivity index (χ1) is 9.97. The molecule has 108 valence electrons. The van der Waals surface area contributed by atoms with Crippen molar-refractivity contribution in [1.82, 2.24) is 0 Å². The molecule has 0 aliphatic rings. The lowest BCUT2D eigenvalue weighted by molar-refractivity contribution is 0.553. The number of nitrogens with one attached hydrogen (secondary N) is 2. The van der Waals surface area contributed by atoms with Crippen LogP contribution >= 0.6 is 11.6 Å². The van der Waals surface area contributed by atoms with Crippen molar-refractivity contribution in [2.75, 3.05) is 5.43 Å². The van der Waals surface area contributed by atoms with Crippen LogP contribution in [0, 0.1) is 23.7 Å². The molecule has 7 heteroatoms. The van der Waals surface area contributed by atoms with Crippen molar-refractivity contribution in [1.29, 1.82) is 10.7 Å². The molecule has 0 radical (unpaired) electrons. The van der Waals surface area contributed by atoms with E-state index in [2.05, 4.69) is 10.5 Å². The van der Waals surface area contributed by atoms with Crippen molar-refractivity contribution in [2.24, 2.45) is 10.8 Å². The van der Waals surface area contributed by atoms with E-state index >= 15 is 0 Å². The van der Waals surface area contributed by atoms with Crippen LogP contribution in [-0.4, -0.2) is 11.5 Å². The molecular formula is C14H14ClN5O. The fraction of sp³-hybridized carbons (Fsp3) is 0.214. The number of hydrazone groups is 1. The predicted molar refractivity (Wildman–Crippen MR) is 83.9 cm³/mol. The molecule has 0 bridgehead atoms. The van der Waals surface area contributed by atoms with Gasteiger partial charge < -0.3 is 10.2 Å². The molecule has 0 amide bonds. The van der Waals surface area contributed by atoms with Crippen molar-refractivity contribution < 1.29 is 4.42 Å². The van der Waals surface area contributed by atoms with Crippen LogP contribution in [0.2, 0.25) is 5.02 Å². The molecule has 0 unspecified atom stereocenters. The van der Waals surface area contributed by atoms with Crippen LogP contribution in [-0.2, 0) is 6.42 Å². The van der Waals surface area contributed by atoms with E-state index in [0.717, 1.165) is 23.1 Å². The Hall–Kier alpha value is -2.52. The average molecular weight is 304 g/mol. The van der Waals surface area contributed by atoms with Gasteiger partial charge in [-0.05, 0) is 24.6 Å². The van der Waals surface area contributed by atoms with Crippen LogP contribution in [0.3, 0.4) is 0 Å². The Morgan fingerprint density at radius 3 is 2.86 bits per heavy atom. The molecular weight excluding hydrogens is 290 g/mol. The van der Waals surface area contributed by atoms with Crippen LogP contribution in [0.15, 0.2) is 21.7 Å². The third-order valence-electron chi connectivity index (χ3n) is 3.07. The lowest BCUT2D eigenvalue weighted by Crippen LogP contribution is -2.21. The summed E-state index contributed by atoms with van der Waals surface area (Å²) >= 11 is 6.20. The molecule has 21 heavy (non-hydrogen) atoms. The minimum absolute atomic E-state index is 0.190. The summed E-state index contributed by atoms with van der Waals surface area (Å²) in [4.78, 5) is 0. The third kappa shape index (κ3) is 2.83. The first-order valence-corrected chi connectivity index (χ1v) is 6.65. The highest BCUT2D eigenvalue weighted by Crippen LogP contribution is 2.34. The van der Waals surface area contributed by atoms with Crippen molar-refractivity contribution in [3.63, 3.8) is 0 Å². The van der Waals surface area contributed by atoms with Gasteiger partial charge in [-0.3, -0.25) is 10.8 Å². The number of nitrogens with zero attached hydrogens (tertiary/aromatic N) is 2. The van der Waals surface area contributed by atoms with Gasteiger partial charge in [0.15, 0.2) is 11.4 Å². The van der Waals surface area contributed by atoms with Crippen molar-refractivity contribution in [2.45, 2.75) is 20.3 Å². The zero-order valence-corrected chi connectivity index (χ0v) is 12.4. The molecule has 0 saturated carbocycles. The minimum Gasteiger partial charge on any atom is -0.459 e. The van der Waals surface area contributed by atoms with Crippen molar-refractivity contribution in [3.05, 3.63) is 28.5 Å². The molecule has 0 aliphatic carbocycles. The average Bonchev–Trinajstić information content (AvgIpc) is 2.77. The number of nitriles is 1. The third-order valence-corrected chi connectivity index (χ3v) is 3.35. The normalized spacial score (nSPS) is 11.4.